The lowest BCUT2D eigenvalue weighted by molar-refractivity contribution is -0.138. The van der Waals surface area contributed by atoms with Gasteiger partial charge in [-0.3, -0.25) is 9.59 Å². The SMILES string of the molecule is CC(C)C(CC(=O)O)NC(=O)CCC(C)(C)N. The van der Waals surface area contributed by atoms with Crippen molar-refractivity contribution in [2.24, 2.45) is 11.7 Å². The first-order chi connectivity index (χ1) is 7.61. The van der Waals surface area contributed by atoms with Crippen molar-refractivity contribution in [3.63, 3.8) is 0 Å². The van der Waals surface area contributed by atoms with Crippen LogP contribution < -0.4 is 11.1 Å². The van der Waals surface area contributed by atoms with Gasteiger partial charge >= 0.3 is 5.97 Å². The predicted molar refractivity (Wildman–Crippen MR) is 66.5 cm³/mol. The van der Waals surface area contributed by atoms with Crippen molar-refractivity contribution in [3.8, 4) is 0 Å². The molecule has 4 N–H and O–H groups in total. The van der Waals surface area contributed by atoms with Crippen LogP contribution in [0.1, 0.15) is 47.0 Å². The Labute approximate surface area is 103 Å². The second-order valence-corrected chi connectivity index (χ2v) is 5.50. The smallest absolute Gasteiger partial charge is 0.305 e. The lowest BCUT2D eigenvalue weighted by Gasteiger charge is -2.22. The topological polar surface area (TPSA) is 92.4 Å². The van der Waals surface area contributed by atoms with Crippen LogP contribution in [0.2, 0.25) is 0 Å². The minimum Gasteiger partial charge on any atom is -0.481 e. The molecule has 0 heterocycles. The second kappa shape index (κ2) is 6.59. The number of hydrogen-bond acceptors (Lipinski definition) is 3. The van der Waals surface area contributed by atoms with Crippen molar-refractivity contribution in [2.75, 3.05) is 0 Å². The maximum atomic E-state index is 11.6. The molecule has 0 saturated carbocycles. The normalized spacial score (nSPS) is 13.5. The van der Waals surface area contributed by atoms with Gasteiger partial charge in [0.05, 0.1) is 6.42 Å². The lowest BCUT2D eigenvalue weighted by Crippen LogP contribution is -2.41. The molecule has 5 heteroatoms. The van der Waals surface area contributed by atoms with E-state index in [1.165, 1.54) is 0 Å². The molecule has 0 aromatic heterocycles. The summed E-state index contributed by atoms with van der Waals surface area (Å²) in [7, 11) is 0. The molecule has 0 bridgehead atoms. The van der Waals surface area contributed by atoms with Gasteiger partial charge in [0.25, 0.3) is 0 Å². The molecule has 0 saturated heterocycles. The molecule has 17 heavy (non-hydrogen) atoms. The Morgan fingerprint density at radius 1 is 1.35 bits per heavy atom. The van der Waals surface area contributed by atoms with Crippen molar-refractivity contribution in [2.45, 2.75) is 58.5 Å². The third-order valence-electron chi connectivity index (χ3n) is 2.54. The molecule has 0 aromatic rings. The minimum absolute atomic E-state index is 0.0462. The first-order valence-corrected chi connectivity index (χ1v) is 5.92. The molecule has 0 aromatic carbocycles. The van der Waals surface area contributed by atoms with E-state index in [1.807, 2.05) is 27.7 Å². The first-order valence-electron chi connectivity index (χ1n) is 5.92. The van der Waals surface area contributed by atoms with Crippen LogP contribution in [0, 0.1) is 5.92 Å². The lowest BCUT2D eigenvalue weighted by atomic mass is 9.98. The number of hydrogen-bond donors (Lipinski definition) is 3. The number of amides is 1. The number of rotatable bonds is 7. The van der Waals surface area contributed by atoms with E-state index in [0.29, 0.717) is 12.8 Å². The van der Waals surface area contributed by atoms with Crippen LogP contribution in [0.4, 0.5) is 0 Å². The molecule has 0 radical (unpaired) electrons. The second-order valence-electron chi connectivity index (χ2n) is 5.50. The van der Waals surface area contributed by atoms with Crippen molar-refractivity contribution >= 4 is 11.9 Å². The first kappa shape index (κ1) is 15.9. The number of nitrogens with two attached hydrogens (primary N) is 1. The van der Waals surface area contributed by atoms with Crippen molar-refractivity contribution in [3.05, 3.63) is 0 Å². The molecule has 0 aliphatic rings. The predicted octanol–water partition coefficient (Wildman–Crippen LogP) is 1.12. The molecule has 0 aliphatic carbocycles. The summed E-state index contributed by atoms with van der Waals surface area (Å²) < 4.78 is 0. The largest absolute Gasteiger partial charge is 0.481 e. The summed E-state index contributed by atoms with van der Waals surface area (Å²) in [5.74, 6) is -0.937. The summed E-state index contributed by atoms with van der Waals surface area (Å²) in [6, 6.07) is -0.319. The van der Waals surface area contributed by atoms with E-state index in [-0.39, 0.29) is 29.8 Å². The molecule has 1 unspecified atom stereocenters. The number of aliphatic carboxylic acids is 1. The summed E-state index contributed by atoms with van der Waals surface area (Å²) >= 11 is 0. The summed E-state index contributed by atoms with van der Waals surface area (Å²) in [5, 5.41) is 11.5. The Balaban J connectivity index is 4.18. The number of carboxylic acid groups (broad SMARTS) is 1. The Kier molecular flexibility index (Phi) is 6.16. The molecule has 0 rings (SSSR count). The molecule has 5 nitrogen and oxygen atoms in total. The fourth-order valence-corrected chi connectivity index (χ4v) is 1.36. The van der Waals surface area contributed by atoms with Gasteiger partial charge in [0.15, 0.2) is 0 Å². The van der Waals surface area contributed by atoms with Gasteiger partial charge in [-0.1, -0.05) is 13.8 Å². The van der Waals surface area contributed by atoms with Crippen LogP contribution in [-0.4, -0.2) is 28.6 Å². The van der Waals surface area contributed by atoms with Gasteiger partial charge in [0.1, 0.15) is 0 Å². The van der Waals surface area contributed by atoms with Crippen molar-refractivity contribution in [1.29, 1.82) is 0 Å². The Bertz CT molecular complexity index is 269. The van der Waals surface area contributed by atoms with Gasteiger partial charge in [-0.25, -0.2) is 0 Å². The molecular weight excluding hydrogens is 220 g/mol. The van der Waals surface area contributed by atoms with E-state index < -0.39 is 5.97 Å². The van der Waals surface area contributed by atoms with E-state index in [2.05, 4.69) is 5.32 Å². The van der Waals surface area contributed by atoms with Crippen molar-refractivity contribution in [1.82, 2.24) is 5.32 Å². The van der Waals surface area contributed by atoms with E-state index in [4.69, 9.17) is 10.8 Å². The molecule has 0 aliphatic heterocycles. The van der Waals surface area contributed by atoms with Gasteiger partial charge < -0.3 is 16.2 Å². The van der Waals surface area contributed by atoms with E-state index in [0.717, 1.165) is 0 Å². The van der Waals surface area contributed by atoms with Crippen LogP contribution in [0.25, 0.3) is 0 Å². The van der Waals surface area contributed by atoms with E-state index >= 15 is 0 Å². The molecule has 1 amide bonds. The third-order valence-corrected chi connectivity index (χ3v) is 2.54. The molecule has 100 valence electrons. The average molecular weight is 244 g/mol. The average Bonchev–Trinajstić information content (AvgIpc) is 2.11. The highest BCUT2D eigenvalue weighted by atomic mass is 16.4. The highest BCUT2D eigenvalue weighted by Gasteiger charge is 2.20. The fourth-order valence-electron chi connectivity index (χ4n) is 1.36. The van der Waals surface area contributed by atoms with Gasteiger partial charge in [-0.05, 0) is 26.2 Å². The Hall–Kier alpha value is -1.10. The fraction of sp³-hybridized carbons (Fsp3) is 0.833. The number of carboxylic acids is 1. The van der Waals surface area contributed by atoms with Gasteiger partial charge in [-0.2, -0.15) is 0 Å². The van der Waals surface area contributed by atoms with Gasteiger partial charge in [-0.15, -0.1) is 0 Å². The highest BCUT2D eigenvalue weighted by molar-refractivity contribution is 5.77. The van der Waals surface area contributed by atoms with Crippen LogP contribution in [0.5, 0.6) is 0 Å². The standard InChI is InChI=1S/C12H24N2O3/c1-8(2)9(7-11(16)17)14-10(15)5-6-12(3,4)13/h8-9H,5-7,13H2,1-4H3,(H,14,15)(H,16,17). The summed E-state index contributed by atoms with van der Waals surface area (Å²) in [6.45, 7) is 7.50. The van der Waals surface area contributed by atoms with E-state index in [1.54, 1.807) is 0 Å². The minimum atomic E-state index is -0.900. The monoisotopic (exact) mass is 244 g/mol. The zero-order valence-corrected chi connectivity index (χ0v) is 11.1. The Morgan fingerprint density at radius 3 is 2.24 bits per heavy atom. The van der Waals surface area contributed by atoms with Crippen LogP contribution >= 0.6 is 0 Å². The molecular formula is C12H24N2O3. The van der Waals surface area contributed by atoms with Gasteiger partial charge in [0.2, 0.25) is 5.91 Å². The van der Waals surface area contributed by atoms with Crippen LogP contribution in [-0.2, 0) is 9.59 Å². The summed E-state index contributed by atoms with van der Waals surface area (Å²) in [6.07, 6.45) is 0.860. The zero-order valence-electron chi connectivity index (χ0n) is 11.1. The van der Waals surface area contributed by atoms with Crippen LogP contribution in [0.3, 0.4) is 0 Å². The van der Waals surface area contributed by atoms with E-state index in [9.17, 15) is 9.59 Å². The highest BCUT2D eigenvalue weighted by Crippen LogP contribution is 2.10. The molecule has 0 fully saturated rings. The zero-order chi connectivity index (χ0) is 13.6. The van der Waals surface area contributed by atoms with Gasteiger partial charge in [0, 0.05) is 18.0 Å². The summed E-state index contributed by atoms with van der Waals surface area (Å²) in [5.41, 5.74) is 5.40. The number of carbonyl (C=O) groups excluding carboxylic acids is 1. The number of carbonyl (C=O) groups is 2. The third kappa shape index (κ3) is 8.68. The molecule has 1 atom stereocenters. The quantitative estimate of drug-likeness (QED) is 0.625. The summed E-state index contributed by atoms with van der Waals surface area (Å²) in [4.78, 5) is 22.3. The van der Waals surface area contributed by atoms with Crippen molar-refractivity contribution < 1.29 is 14.7 Å². The van der Waals surface area contributed by atoms with Crippen LogP contribution in [0.15, 0.2) is 0 Å². The maximum absolute atomic E-state index is 11.6. The number of nitrogens with one attached hydrogen (secondary N) is 1. The Morgan fingerprint density at radius 2 is 1.88 bits per heavy atom. The molecule has 0 spiro atoms. The maximum Gasteiger partial charge on any atom is 0.305 e.